The largest absolute Gasteiger partial charge is 0.380 e. The summed E-state index contributed by atoms with van der Waals surface area (Å²) in [5.74, 6) is -0.567. The molecule has 1 aromatic rings. The molecule has 1 heterocycles. The molecule has 0 bridgehead atoms. The molecule has 1 N–H and O–H groups in total. The number of imide groups is 1. The second-order valence-electron chi connectivity index (χ2n) is 6.65. The summed E-state index contributed by atoms with van der Waals surface area (Å²) >= 11 is 0. The molecule has 6 heteroatoms. The number of nitrogens with one attached hydrogen (secondary N) is 1. The van der Waals surface area contributed by atoms with Gasteiger partial charge in [0, 0.05) is 31.9 Å². The van der Waals surface area contributed by atoms with Gasteiger partial charge >= 0.3 is 0 Å². The number of anilines is 1. The number of rotatable bonds is 10. The van der Waals surface area contributed by atoms with E-state index >= 15 is 0 Å². The molecule has 1 saturated heterocycles. The van der Waals surface area contributed by atoms with E-state index < -0.39 is 0 Å². The van der Waals surface area contributed by atoms with Crippen LogP contribution in [0.25, 0.3) is 0 Å². The summed E-state index contributed by atoms with van der Waals surface area (Å²) in [6, 6.07) is 7.26. The van der Waals surface area contributed by atoms with Crippen molar-refractivity contribution >= 4 is 23.4 Å². The van der Waals surface area contributed by atoms with Gasteiger partial charge < -0.3 is 10.1 Å². The maximum atomic E-state index is 12.0. The topological polar surface area (TPSA) is 75.7 Å². The average Bonchev–Trinajstić information content (AvgIpc) is 2.89. The first-order valence-electron chi connectivity index (χ1n) is 9.33. The fourth-order valence-electron chi connectivity index (χ4n) is 2.82. The number of amides is 3. The number of hydrogen-bond donors (Lipinski definition) is 1. The van der Waals surface area contributed by atoms with Crippen LogP contribution in [0.3, 0.4) is 0 Å². The van der Waals surface area contributed by atoms with E-state index in [4.69, 9.17) is 4.74 Å². The van der Waals surface area contributed by atoms with Gasteiger partial charge in [-0.2, -0.15) is 0 Å². The Kier molecular flexibility index (Phi) is 7.78. The highest BCUT2D eigenvalue weighted by Gasteiger charge is 2.36. The van der Waals surface area contributed by atoms with E-state index in [0.717, 1.165) is 25.0 Å². The number of nitrogens with zero attached hydrogens (tertiary/aromatic N) is 1. The molecule has 0 aliphatic carbocycles. The predicted molar refractivity (Wildman–Crippen MR) is 99.8 cm³/mol. The Morgan fingerprint density at radius 3 is 2.58 bits per heavy atom. The summed E-state index contributed by atoms with van der Waals surface area (Å²) in [4.78, 5) is 37.1. The average molecular weight is 360 g/mol. The van der Waals surface area contributed by atoms with Gasteiger partial charge in [-0.3, -0.25) is 19.3 Å². The molecule has 1 aliphatic rings. The highest BCUT2D eigenvalue weighted by molar-refractivity contribution is 6.20. The molecule has 0 spiro atoms. The summed E-state index contributed by atoms with van der Waals surface area (Å²) < 4.78 is 5.40. The minimum Gasteiger partial charge on any atom is -0.380 e. The van der Waals surface area contributed by atoms with Crippen molar-refractivity contribution in [1.82, 2.24) is 5.32 Å². The minimum atomic E-state index is -0.253. The molecule has 0 aromatic heterocycles. The van der Waals surface area contributed by atoms with Crippen LogP contribution in [0.1, 0.15) is 45.1 Å². The van der Waals surface area contributed by atoms with Gasteiger partial charge in [0.25, 0.3) is 0 Å². The van der Waals surface area contributed by atoms with Crippen molar-refractivity contribution in [3.8, 4) is 0 Å². The van der Waals surface area contributed by atoms with E-state index in [1.54, 1.807) is 19.1 Å². The number of hydrogen-bond acceptors (Lipinski definition) is 4. The third-order valence-corrected chi connectivity index (χ3v) is 4.42. The van der Waals surface area contributed by atoms with Gasteiger partial charge in [0.15, 0.2) is 0 Å². The summed E-state index contributed by atoms with van der Waals surface area (Å²) in [5, 5.41) is 2.84. The van der Waals surface area contributed by atoms with Crippen molar-refractivity contribution in [2.24, 2.45) is 5.92 Å². The van der Waals surface area contributed by atoms with Crippen molar-refractivity contribution in [1.29, 1.82) is 0 Å². The lowest BCUT2D eigenvalue weighted by Gasteiger charge is -2.14. The number of carbonyl (C=O) groups excluding carboxylic acids is 3. The zero-order valence-corrected chi connectivity index (χ0v) is 15.6. The molecule has 2 rings (SSSR count). The SMILES string of the molecule is CCCCOCCNC(=O)CCc1ccc(N2C(=O)CC(C)C2=O)cc1. The quantitative estimate of drug-likeness (QED) is 0.514. The van der Waals surface area contributed by atoms with Crippen molar-refractivity contribution < 1.29 is 19.1 Å². The van der Waals surface area contributed by atoms with Crippen LogP contribution < -0.4 is 10.2 Å². The van der Waals surface area contributed by atoms with Crippen LogP contribution in [0, 0.1) is 5.92 Å². The highest BCUT2D eigenvalue weighted by atomic mass is 16.5. The van der Waals surface area contributed by atoms with Gasteiger partial charge in [-0.1, -0.05) is 32.4 Å². The normalized spacial score (nSPS) is 17.0. The van der Waals surface area contributed by atoms with Crippen LogP contribution in [0.15, 0.2) is 24.3 Å². The summed E-state index contributed by atoms with van der Waals surface area (Å²) in [5.41, 5.74) is 1.59. The van der Waals surface area contributed by atoms with Crippen molar-refractivity contribution in [2.45, 2.75) is 46.0 Å². The van der Waals surface area contributed by atoms with Gasteiger partial charge in [-0.05, 0) is 30.5 Å². The molecule has 0 saturated carbocycles. The molecule has 1 aliphatic heterocycles. The van der Waals surface area contributed by atoms with Crippen molar-refractivity contribution in [3.63, 3.8) is 0 Å². The van der Waals surface area contributed by atoms with Gasteiger partial charge in [-0.15, -0.1) is 0 Å². The zero-order chi connectivity index (χ0) is 18.9. The van der Waals surface area contributed by atoms with Crippen molar-refractivity contribution in [3.05, 3.63) is 29.8 Å². The standard InChI is InChI=1S/C20H28N2O4/c1-3-4-12-26-13-11-21-18(23)10-7-16-5-8-17(9-6-16)22-19(24)14-15(2)20(22)25/h5-6,8-9,15H,3-4,7,10-14H2,1-2H3,(H,21,23). The number of benzene rings is 1. The Balaban J connectivity index is 1.73. The summed E-state index contributed by atoms with van der Waals surface area (Å²) in [7, 11) is 0. The maximum absolute atomic E-state index is 12.0. The first kappa shape index (κ1) is 20.1. The predicted octanol–water partition coefficient (Wildman–Crippen LogP) is 2.45. The molecule has 1 aromatic carbocycles. The Hall–Kier alpha value is -2.21. The Morgan fingerprint density at radius 1 is 1.23 bits per heavy atom. The zero-order valence-electron chi connectivity index (χ0n) is 15.6. The van der Waals surface area contributed by atoms with E-state index in [1.165, 1.54) is 4.90 Å². The second kappa shape index (κ2) is 10.1. The fourth-order valence-corrected chi connectivity index (χ4v) is 2.82. The van der Waals surface area contributed by atoms with Crippen LogP contribution in [0.2, 0.25) is 0 Å². The van der Waals surface area contributed by atoms with E-state index in [-0.39, 0.29) is 30.1 Å². The first-order chi connectivity index (χ1) is 12.5. The molecular weight excluding hydrogens is 332 g/mol. The molecule has 0 radical (unpaired) electrons. The number of ether oxygens (including phenoxy) is 1. The van der Waals surface area contributed by atoms with Gasteiger partial charge in [-0.25, -0.2) is 0 Å². The summed E-state index contributed by atoms with van der Waals surface area (Å²) in [6.45, 7) is 5.68. The van der Waals surface area contributed by atoms with Gasteiger partial charge in [0.05, 0.1) is 12.3 Å². The lowest BCUT2D eigenvalue weighted by molar-refractivity contribution is -0.122. The van der Waals surface area contributed by atoms with Crippen LogP contribution in [0.4, 0.5) is 5.69 Å². The smallest absolute Gasteiger partial charge is 0.237 e. The maximum Gasteiger partial charge on any atom is 0.237 e. The van der Waals surface area contributed by atoms with E-state index in [9.17, 15) is 14.4 Å². The minimum absolute atomic E-state index is 0.00751. The van der Waals surface area contributed by atoms with Crippen molar-refractivity contribution in [2.75, 3.05) is 24.7 Å². The van der Waals surface area contributed by atoms with E-state index in [2.05, 4.69) is 12.2 Å². The third kappa shape index (κ3) is 5.66. The van der Waals surface area contributed by atoms with Gasteiger partial charge in [0.1, 0.15) is 0 Å². The Morgan fingerprint density at radius 2 is 1.96 bits per heavy atom. The first-order valence-corrected chi connectivity index (χ1v) is 9.33. The molecule has 1 unspecified atom stereocenters. The monoisotopic (exact) mass is 360 g/mol. The highest BCUT2D eigenvalue weighted by Crippen LogP contribution is 2.26. The molecule has 142 valence electrons. The number of unbranched alkanes of at least 4 members (excludes halogenated alkanes) is 1. The lowest BCUT2D eigenvalue weighted by atomic mass is 10.1. The Labute approximate surface area is 154 Å². The third-order valence-electron chi connectivity index (χ3n) is 4.42. The van der Waals surface area contributed by atoms with Crippen LogP contribution in [-0.4, -0.2) is 37.5 Å². The fraction of sp³-hybridized carbons (Fsp3) is 0.550. The van der Waals surface area contributed by atoms with Crippen LogP contribution in [0.5, 0.6) is 0 Å². The molecule has 26 heavy (non-hydrogen) atoms. The van der Waals surface area contributed by atoms with Crippen LogP contribution >= 0.6 is 0 Å². The number of aryl methyl sites for hydroxylation is 1. The summed E-state index contributed by atoms with van der Waals surface area (Å²) in [6.07, 6.45) is 3.42. The van der Waals surface area contributed by atoms with E-state index in [0.29, 0.717) is 31.7 Å². The second-order valence-corrected chi connectivity index (χ2v) is 6.65. The number of carbonyl (C=O) groups is 3. The van der Waals surface area contributed by atoms with E-state index in [1.807, 2.05) is 12.1 Å². The van der Waals surface area contributed by atoms with Gasteiger partial charge in [0.2, 0.25) is 17.7 Å². The molecule has 1 fully saturated rings. The lowest BCUT2D eigenvalue weighted by Crippen LogP contribution is -2.29. The molecule has 1 atom stereocenters. The van der Waals surface area contributed by atoms with Crippen LogP contribution in [-0.2, 0) is 25.5 Å². The molecule has 3 amide bonds. The Bertz CT molecular complexity index is 627. The molecular formula is C20H28N2O4. The molecule has 6 nitrogen and oxygen atoms in total.